The van der Waals surface area contributed by atoms with Crippen molar-refractivity contribution in [2.75, 3.05) is 33.1 Å². The Kier molecular flexibility index (Phi) is 8.71. The lowest BCUT2D eigenvalue weighted by molar-refractivity contribution is -0.151. The van der Waals surface area contributed by atoms with Crippen LogP contribution < -0.4 is 0 Å². The van der Waals surface area contributed by atoms with Crippen molar-refractivity contribution in [1.29, 1.82) is 0 Å². The van der Waals surface area contributed by atoms with E-state index in [-0.39, 0.29) is 25.4 Å². The third kappa shape index (κ3) is 7.51. The lowest BCUT2D eigenvalue weighted by atomic mass is 10.3. The van der Waals surface area contributed by atoms with Crippen molar-refractivity contribution in [3.8, 4) is 0 Å². The van der Waals surface area contributed by atoms with Crippen molar-refractivity contribution < 1.29 is 23.9 Å². The lowest BCUT2D eigenvalue weighted by Gasteiger charge is -2.20. The van der Waals surface area contributed by atoms with Gasteiger partial charge in [-0.3, -0.25) is 14.4 Å². The number of esters is 2. The molecular formula is C15H18BrNO5S. The second-order valence-corrected chi connectivity index (χ2v) is 6.54. The van der Waals surface area contributed by atoms with Gasteiger partial charge in [0.1, 0.15) is 13.1 Å². The summed E-state index contributed by atoms with van der Waals surface area (Å²) in [4.78, 5) is 37.0. The molecule has 0 N–H and O–H groups in total. The number of ether oxygens (including phenoxy) is 2. The second-order valence-electron chi connectivity index (χ2n) is 4.45. The first kappa shape index (κ1) is 19.5. The fraction of sp³-hybridized carbons (Fsp3) is 0.400. The summed E-state index contributed by atoms with van der Waals surface area (Å²) in [5.74, 6) is -0.921. The molecule has 1 rings (SSSR count). The van der Waals surface area contributed by atoms with Gasteiger partial charge in [-0.05, 0) is 24.3 Å². The summed E-state index contributed by atoms with van der Waals surface area (Å²) in [5, 5.41) is 0. The quantitative estimate of drug-likeness (QED) is 0.488. The van der Waals surface area contributed by atoms with Crippen LogP contribution in [0, 0.1) is 0 Å². The number of hydrogen-bond donors (Lipinski definition) is 0. The van der Waals surface area contributed by atoms with E-state index in [0.29, 0.717) is 5.75 Å². The van der Waals surface area contributed by atoms with E-state index in [2.05, 4.69) is 25.4 Å². The van der Waals surface area contributed by atoms with Gasteiger partial charge in [-0.1, -0.05) is 15.9 Å². The van der Waals surface area contributed by atoms with Crippen LogP contribution in [0.4, 0.5) is 0 Å². The number of hydrogen-bond acceptors (Lipinski definition) is 6. The predicted octanol–water partition coefficient (Wildman–Crippen LogP) is 2.11. The molecule has 6 nitrogen and oxygen atoms in total. The van der Waals surface area contributed by atoms with E-state index in [1.54, 1.807) is 0 Å². The van der Waals surface area contributed by atoms with Gasteiger partial charge in [-0.15, -0.1) is 11.8 Å². The summed E-state index contributed by atoms with van der Waals surface area (Å²) >= 11 is 4.88. The number of carbonyl (C=O) groups excluding carboxylic acids is 3. The number of benzene rings is 1. The van der Waals surface area contributed by atoms with E-state index in [9.17, 15) is 14.4 Å². The standard InChI is InChI=1S/C15H18BrNO5S/c1-21-14(19)9-17(10-15(20)22-2)13(18)7-8-23-12-5-3-11(16)4-6-12/h3-6H,7-10H2,1-2H3. The van der Waals surface area contributed by atoms with Gasteiger partial charge in [0, 0.05) is 21.5 Å². The highest BCUT2D eigenvalue weighted by molar-refractivity contribution is 9.10. The van der Waals surface area contributed by atoms with E-state index in [0.717, 1.165) is 14.3 Å². The summed E-state index contributed by atoms with van der Waals surface area (Å²) in [6, 6.07) is 7.73. The fourth-order valence-corrected chi connectivity index (χ4v) is 2.72. The van der Waals surface area contributed by atoms with Crippen LogP contribution in [0.3, 0.4) is 0 Å². The van der Waals surface area contributed by atoms with Crippen LogP contribution in [-0.4, -0.2) is 55.8 Å². The third-order valence-electron chi connectivity index (χ3n) is 2.85. The van der Waals surface area contributed by atoms with Gasteiger partial charge in [0.2, 0.25) is 5.91 Å². The number of amides is 1. The van der Waals surface area contributed by atoms with E-state index in [4.69, 9.17) is 0 Å². The molecule has 0 aliphatic carbocycles. The van der Waals surface area contributed by atoms with Crippen LogP contribution in [0.25, 0.3) is 0 Å². The predicted molar refractivity (Wildman–Crippen MR) is 90.1 cm³/mol. The Morgan fingerprint density at radius 2 is 1.57 bits per heavy atom. The zero-order valence-corrected chi connectivity index (χ0v) is 15.3. The fourth-order valence-electron chi connectivity index (χ4n) is 1.62. The Balaban J connectivity index is 2.52. The highest BCUT2D eigenvalue weighted by atomic mass is 79.9. The summed E-state index contributed by atoms with van der Waals surface area (Å²) in [7, 11) is 2.46. The second kappa shape index (κ2) is 10.3. The zero-order chi connectivity index (χ0) is 17.2. The van der Waals surface area contributed by atoms with Crippen LogP contribution in [0.2, 0.25) is 0 Å². The number of thioether (sulfide) groups is 1. The molecule has 1 amide bonds. The SMILES string of the molecule is COC(=O)CN(CC(=O)OC)C(=O)CCSc1ccc(Br)cc1. The van der Waals surface area contributed by atoms with Gasteiger partial charge < -0.3 is 14.4 Å². The smallest absolute Gasteiger partial charge is 0.325 e. The van der Waals surface area contributed by atoms with E-state index >= 15 is 0 Å². The first-order valence-corrected chi connectivity index (χ1v) is 8.54. The average molecular weight is 404 g/mol. The molecule has 1 aromatic rings. The molecule has 0 atom stereocenters. The molecule has 126 valence electrons. The highest BCUT2D eigenvalue weighted by Crippen LogP contribution is 2.21. The van der Waals surface area contributed by atoms with Crippen molar-refractivity contribution in [3.63, 3.8) is 0 Å². The molecule has 0 bridgehead atoms. The number of halogens is 1. The first-order valence-electron chi connectivity index (χ1n) is 6.76. The number of carbonyl (C=O) groups is 3. The van der Waals surface area contributed by atoms with Gasteiger partial charge in [-0.25, -0.2) is 0 Å². The molecule has 0 unspecified atom stereocenters. The Labute approximate surface area is 147 Å². The minimum absolute atomic E-state index is 0.203. The van der Waals surface area contributed by atoms with Crippen LogP contribution in [-0.2, 0) is 23.9 Å². The summed E-state index contributed by atoms with van der Waals surface area (Å²) < 4.78 is 10.1. The van der Waals surface area contributed by atoms with E-state index in [1.807, 2.05) is 24.3 Å². The minimum atomic E-state index is -0.581. The normalized spacial score (nSPS) is 10.0. The summed E-state index contributed by atoms with van der Waals surface area (Å²) in [6.45, 7) is -0.541. The zero-order valence-electron chi connectivity index (χ0n) is 12.9. The van der Waals surface area contributed by atoms with Gasteiger partial charge in [0.05, 0.1) is 14.2 Å². The summed E-state index contributed by atoms with van der Waals surface area (Å²) in [6.07, 6.45) is 0.203. The first-order chi connectivity index (χ1) is 11.0. The largest absolute Gasteiger partial charge is 0.468 e. The number of rotatable bonds is 8. The average Bonchev–Trinajstić information content (AvgIpc) is 2.55. The van der Waals surface area contributed by atoms with Gasteiger partial charge in [-0.2, -0.15) is 0 Å². The molecule has 0 aliphatic heterocycles. The van der Waals surface area contributed by atoms with Gasteiger partial charge in [0.15, 0.2) is 0 Å². The number of nitrogens with zero attached hydrogens (tertiary/aromatic N) is 1. The Morgan fingerprint density at radius 1 is 1.04 bits per heavy atom. The third-order valence-corrected chi connectivity index (χ3v) is 4.39. The molecule has 0 fully saturated rings. The summed E-state index contributed by atoms with van der Waals surface area (Å²) in [5.41, 5.74) is 0. The van der Waals surface area contributed by atoms with Crippen molar-refractivity contribution in [1.82, 2.24) is 4.90 Å². The maximum atomic E-state index is 12.2. The maximum absolute atomic E-state index is 12.2. The maximum Gasteiger partial charge on any atom is 0.325 e. The van der Waals surface area contributed by atoms with Crippen LogP contribution in [0.15, 0.2) is 33.6 Å². The van der Waals surface area contributed by atoms with Crippen LogP contribution >= 0.6 is 27.7 Å². The molecular weight excluding hydrogens is 386 g/mol. The molecule has 0 aromatic heterocycles. The van der Waals surface area contributed by atoms with Crippen LogP contribution in [0.1, 0.15) is 6.42 Å². The Bertz CT molecular complexity index is 531. The van der Waals surface area contributed by atoms with E-state index in [1.165, 1.54) is 26.0 Å². The molecule has 23 heavy (non-hydrogen) atoms. The van der Waals surface area contributed by atoms with Crippen molar-refractivity contribution >= 4 is 45.5 Å². The molecule has 0 heterocycles. The van der Waals surface area contributed by atoms with E-state index < -0.39 is 11.9 Å². The number of methoxy groups -OCH3 is 2. The highest BCUT2D eigenvalue weighted by Gasteiger charge is 2.20. The molecule has 0 saturated carbocycles. The van der Waals surface area contributed by atoms with Crippen molar-refractivity contribution in [2.24, 2.45) is 0 Å². The van der Waals surface area contributed by atoms with Crippen LogP contribution in [0.5, 0.6) is 0 Å². The van der Waals surface area contributed by atoms with Gasteiger partial charge in [0.25, 0.3) is 0 Å². The molecule has 1 aromatic carbocycles. The molecule has 0 radical (unpaired) electrons. The Morgan fingerprint density at radius 3 is 2.04 bits per heavy atom. The topological polar surface area (TPSA) is 72.9 Å². The molecule has 0 spiro atoms. The van der Waals surface area contributed by atoms with Crippen molar-refractivity contribution in [2.45, 2.75) is 11.3 Å². The van der Waals surface area contributed by atoms with Gasteiger partial charge >= 0.3 is 11.9 Å². The lowest BCUT2D eigenvalue weighted by Crippen LogP contribution is -2.40. The molecule has 0 aliphatic rings. The molecule has 8 heteroatoms. The minimum Gasteiger partial charge on any atom is -0.468 e. The monoisotopic (exact) mass is 403 g/mol. The molecule has 0 saturated heterocycles. The Hall–Kier alpha value is -1.54. The van der Waals surface area contributed by atoms with Crippen molar-refractivity contribution in [3.05, 3.63) is 28.7 Å².